The highest BCUT2D eigenvalue weighted by Crippen LogP contribution is 2.40. The van der Waals surface area contributed by atoms with Gasteiger partial charge in [0.2, 0.25) is 0 Å². The van der Waals surface area contributed by atoms with Crippen molar-refractivity contribution in [1.29, 1.82) is 0 Å². The van der Waals surface area contributed by atoms with Gasteiger partial charge in [0.1, 0.15) is 0 Å². The summed E-state index contributed by atoms with van der Waals surface area (Å²) in [6, 6.07) is 19.1. The van der Waals surface area contributed by atoms with Crippen molar-refractivity contribution in [3.8, 4) is 0 Å². The second-order valence-electron chi connectivity index (χ2n) is 7.22. The molecule has 0 unspecified atom stereocenters. The van der Waals surface area contributed by atoms with Gasteiger partial charge in [0.25, 0.3) is 0 Å². The molecule has 0 radical (unpaired) electrons. The van der Waals surface area contributed by atoms with E-state index >= 15 is 0 Å². The first-order valence-electron chi connectivity index (χ1n) is 8.84. The molecule has 0 amide bonds. The van der Waals surface area contributed by atoms with Crippen LogP contribution in [0.3, 0.4) is 0 Å². The standard InChI is InChI=1S/C22H21NO.ClH/c23-21(22(24)16-5-2-6-16)18-12-10-15-8-7-13-3-1-4-14-9-11-17(18)20(15)19(13)14;/h1,3-4,7-12,16,21-22,24H,2,5-6,23H2;1H/t21-,22+;/m1./s1. The zero-order valence-corrected chi connectivity index (χ0v) is 14.8. The van der Waals surface area contributed by atoms with Crippen LogP contribution in [0, 0.1) is 5.92 Å². The third kappa shape index (κ3) is 2.40. The van der Waals surface area contributed by atoms with Crippen LogP contribution in [0.25, 0.3) is 32.3 Å². The fourth-order valence-electron chi connectivity index (χ4n) is 4.31. The van der Waals surface area contributed by atoms with Crippen molar-refractivity contribution >= 4 is 44.7 Å². The molecule has 1 aliphatic rings. The van der Waals surface area contributed by atoms with Gasteiger partial charge in [0.15, 0.2) is 0 Å². The number of aliphatic hydroxyl groups is 1. The molecule has 3 N–H and O–H groups in total. The minimum Gasteiger partial charge on any atom is -0.391 e. The summed E-state index contributed by atoms with van der Waals surface area (Å²) in [5, 5.41) is 18.2. The first kappa shape index (κ1) is 16.6. The van der Waals surface area contributed by atoms with E-state index in [9.17, 15) is 5.11 Å². The van der Waals surface area contributed by atoms with Gasteiger partial charge in [-0.2, -0.15) is 0 Å². The van der Waals surface area contributed by atoms with Gasteiger partial charge in [-0.1, -0.05) is 61.0 Å². The summed E-state index contributed by atoms with van der Waals surface area (Å²) in [6.07, 6.45) is 2.96. The maximum atomic E-state index is 10.7. The van der Waals surface area contributed by atoms with Crippen molar-refractivity contribution in [3.63, 3.8) is 0 Å². The van der Waals surface area contributed by atoms with Crippen LogP contribution in [0.1, 0.15) is 30.9 Å². The van der Waals surface area contributed by atoms with Crippen molar-refractivity contribution in [1.82, 2.24) is 0 Å². The fraction of sp³-hybridized carbons (Fsp3) is 0.273. The smallest absolute Gasteiger partial charge is 0.0761 e. The van der Waals surface area contributed by atoms with Crippen LogP contribution >= 0.6 is 12.4 Å². The summed E-state index contributed by atoms with van der Waals surface area (Å²) in [6.45, 7) is 0. The Hall–Kier alpha value is -1.87. The monoisotopic (exact) mass is 351 g/mol. The third-order valence-electron chi connectivity index (χ3n) is 5.92. The highest BCUT2D eigenvalue weighted by Gasteiger charge is 2.31. The van der Waals surface area contributed by atoms with Gasteiger partial charge in [0, 0.05) is 0 Å². The zero-order valence-electron chi connectivity index (χ0n) is 14.0. The zero-order chi connectivity index (χ0) is 16.3. The molecule has 0 aromatic heterocycles. The second kappa shape index (κ2) is 6.14. The normalized spacial score (nSPS) is 17.5. The molecule has 0 heterocycles. The van der Waals surface area contributed by atoms with E-state index in [1.54, 1.807) is 0 Å². The van der Waals surface area contributed by atoms with Crippen LogP contribution < -0.4 is 5.73 Å². The van der Waals surface area contributed by atoms with E-state index in [4.69, 9.17) is 5.73 Å². The number of rotatable bonds is 3. The Kier molecular flexibility index (Phi) is 4.07. The predicted molar refractivity (Wildman–Crippen MR) is 108 cm³/mol. The third-order valence-corrected chi connectivity index (χ3v) is 5.92. The van der Waals surface area contributed by atoms with Crippen molar-refractivity contribution in [2.45, 2.75) is 31.4 Å². The highest BCUT2D eigenvalue weighted by molar-refractivity contribution is 6.23. The summed E-state index contributed by atoms with van der Waals surface area (Å²) in [4.78, 5) is 0. The average Bonchev–Trinajstić information content (AvgIpc) is 2.57. The SMILES string of the molecule is Cl.N[C@H](c1ccc2ccc3cccc4ccc1c2c34)[C@@H](O)C1CCC1. The molecular weight excluding hydrogens is 330 g/mol. The Balaban J connectivity index is 0.00000157. The number of hydrogen-bond donors (Lipinski definition) is 2. The van der Waals surface area contributed by atoms with Crippen molar-refractivity contribution in [3.05, 3.63) is 60.2 Å². The maximum Gasteiger partial charge on any atom is 0.0761 e. The molecule has 2 atom stereocenters. The summed E-state index contributed by atoms with van der Waals surface area (Å²) < 4.78 is 0. The molecule has 0 bridgehead atoms. The molecule has 3 heteroatoms. The van der Waals surface area contributed by atoms with E-state index in [-0.39, 0.29) is 18.4 Å². The Morgan fingerprint density at radius 3 is 2.08 bits per heavy atom. The summed E-state index contributed by atoms with van der Waals surface area (Å²) >= 11 is 0. The average molecular weight is 352 g/mol. The van der Waals surface area contributed by atoms with Crippen LogP contribution in [0.15, 0.2) is 54.6 Å². The molecule has 5 rings (SSSR count). The molecule has 0 spiro atoms. The summed E-state index contributed by atoms with van der Waals surface area (Å²) in [5.74, 6) is 0.360. The highest BCUT2D eigenvalue weighted by atomic mass is 35.5. The lowest BCUT2D eigenvalue weighted by atomic mass is 9.76. The van der Waals surface area contributed by atoms with Crippen molar-refractivity contribution < 1.29 is 5.11 Å². The van der Waals surface area contributed by atoms with E-state index in [1.165, 1.54) is 38.7 Å². The second-order valence-corrected chi connectivity index (χ2v) is 7.22. The first-order chi connectivity index (χ1) is 11.7. The molecule has 1 aliphatic carbocycles. The Morgan fingerprint density at radius 1 is 0.840 bits per heavy atom. The van der Waals surface area contributed by atoms with E-state index in [2.05, 4.69) is 54.6 Å². The van der Waals surface area contributed by atoms with Gasteiger partial charge < -0.3 is 10.8 Å². The molecule has 0 saturated heterocycles. The molecule has 0 aliphatic heterocycles. The number of aliphatic hydroxyl groups excluding tert-OH is 1. The quantitative estimate of drug-likeness (QED) is 0.500. The number of halogens is 1. The van der Waals surface area contributed by atoms with Crippen LogP contribution in [0.2, 0.25) is 0 Å². The van der Waals surface area contributed by atoms with Crippen LogP contribution in [-0.2, 0) is 0 Å². The fourth-order valence-corrected chi connectivity index (χ4v) is 4.31. The summed E-state index contributed by atoms with van der Waals surface area (Å²) in [7, 11) is 0. The van der Waals surface area contributed by atoms with E-state index in [1.807, 2.05) is 0 Å². The van der Waals surface area contributed by atoms with Crippen LogP contribution in [0.4, 0.5) is 0 Å². The first-order valence-corrected chi connectivity index (χ1v) is 8.84. The Bertz CT molecular complexity index is 1020. The number of hydrogen-bond acceptors (Lipinski definition) is 2. The molecule has 1 fully saturated rings. The Labute approximate surface area is 153 Å². The molecular formula is C22H22ClNO. The summed E-state index contributed by atoms with van der Waals surface area (Å²) in [5.41, 5.74) is 7.57. The van der Waals surface area contributed by atoms with Crippen molar-refractivity contribution in [2.75, 3.05) is 0 Å². The molecule has 1 saturated carbocycles. The topological polar surface area (TPSA) is 46.2 Å². The number of benzene rings is 4. The van der Waals surface area contributed by atoms with Gasteiger partial charge in [0.05, 0.1) is 12.1 Å². The lowest BCUT2D eigenvalue weighted by molar-refractivity contribution is 0.0417. The lowest BCUT2D eigenvalue weighted by Crippen LogP contribution is -2.36. The van der Waals surface area contributed by atoms with Gasteiger partial charge in [-0.25, -0.2) is 0 Å². The number of nitrogens with two attached hydrogens (primary N) is 1. The Morgan fingerprint density at radius 2 is 1.44 bits per heavy atom. The van der Waals surface area contributed by atoms with Gasteiger partial charge in [-0.15, -0.1) is 12.4 Å². The molecule has 4 aromatic carbocycles. The lowest BCUT2D eigenvalue weighted by Gasteiger charge is -2.34. The molecule has 25 heavy (non-hydrogen) atoms. The minimum atomic E-state index is -0.447. The van der Waals surface area contributed by atoms with Crippen molar-refractivity contribution in [2.24, 2.45) is 11.7 Å². The molecule has 2 nitrogen and oxygen atoms in total. The predicted octanol–water partition coefficient (Wildman–Crippen LogP) is 5.17. The van der Waals surface area contributed by atoms with E-state index < -0.39 is 6.10 Å². The van der Waals surface area contributed by atoms with E-state index in [0.29, 0.717) is 5.92 Å². The van der Waals surface area contributed by atoms with Crippen LogP contribution in [-0.4, -0.2) is 11.2 Å². The molecule has 128 valence electrons. The van der Waals surface area contributed by atoms with Crippen LogP contribution in [0.5, 0.6) is 0 Å². The maximum absolute atomic E-state index is 10.7. The van der Waals surface area contributed by atoms with Gasteiger partial charge in [-0.3, -0.25) is 0 Å². The molecule has 4 aromatic rings. The largest absolute Gasteiger partial charge is 0.391 e. The van der Waals surface area contributed by atoms with Gasteiger partial charge in [-0.05, 0) is 56.6 Å². The van der Waals surface area contributed by atoms with E-state index in [0.717, 1.165) is 18.4 Å². The van der Waals surface area contributed by atoms with Gasteiger partial charge >= 0.3 is 0 Å². The minimum absolute atomic E-state index is 0.